The van der Waals surface area contributed by atoms with Crippen LogP contribution in [0.15, 0.2) is 11.6 Å². The summed E-state index contributed by atoms with van der Waals surface area (Å²) in [6, 6.07) is 0. The maximum Gasteiger partial charge on any atom is 0.0650 e. The number of rotatable bonds is 6. The van der Waals surface area contributed by atoms with Gasteiger partial charge in [0.05, 0.1) is 19.3 Å². The van der Waals surface area contributed by atoms with Gasteiger partial charge in [-0.15, -0.1) is 0 Å². The minimum absolute atomic E-state index is 0.177. The van der Waals surface area contributed by atoms with Crippen LogP contribution in [0, 0.1) is 11.3 Å². The van der Waals surface area contributed by atoms with Gasteiger partial charge in [0.15, 0.2) is 0 Å². The number of aliphatic hydroxyl groups is 1. The Hall–Kier alpha value is -0.340. The fourth-order valence-corrected chi connectivity index (χ4v) is 1.54. The third-order valence-electron chi connectivity index (χ3n) is 2.52. The number of aliphatic hydroxyl groups excluding tert-OH is 1. The normalized spacial score (nSPS) is 14.1. The van der Waals surface area contributed by atoms with Crippen LogP contribution in [0.1, 0.15) is 41.5 Å². The molecule has 0 aromatic rings. The number of hydrogen-bond donors (Lipinski definition) is 1. The number of ether oxygens (including phenoxy) is 1. The molecule has 0 bridgehead atoms. The van der Waals surface area contributed by atoms with Crippen molar-refractivity contribution in [2.24, 2.45) is 11.3 Å². The third-order valence-corrected chi connectivity index (χ3v) is 2.52. The molecular weight excluding hydrogens is 188 g/mol. The summed E-state index contributed by atoms with van der Waals surface area (Å²) < 4.78 is 5.54. The van der Waals surface area contributed by atoms with E-state index in [1.54, 1.807) is 0 Å². The van der Waals surface area contributed by atoms with Gasteiger partial charge in [0.2, 0.25) is 0 Å². The highest BCUT2D eigenvalue weighted by Gasteiger charge is 2.30. The van der Waals surface area contributed by atoms with Crippen LogP contribution in [-0.4, -0.2) is 24.4 Å². The van der Waals surface area contributed by atoms with Crippen molar-refractivity contribution < 1.29 is 9.84 Å². The predicted molar refractivity (Wildman–Crippen MR) is 64.9 cm³/mol. The van der Waals surface area contributed by atoms with Crippen molar-refractivity contribution in [3.05, 3.63) is 11.6 Å². The molecule has 0 fully saturated rings. The van der Waals surface area contributed by atoms with Gasteiger partial charge in [-0.2, -0.15) is 0 Å². The monoisotopic (exact) mass is 214 g/mol. The molecule has 0 spiro atoms. The van der Waals surface area contributed by atoms with Gasteiger partial charge < -0.3 is 9.84 Å². The summed E-state index contributed by atoms with van der Waals surface area (Å²) in [7, 11) is 0. The first-order valence-corrected chi connectivity index (χ1v) is 5.66. The Kier molecular flexibility index (Phi) is 6.15. The molecule has 0 aliphatic heterocycles. The average Bonchev–Trinajstić information content (AvgIpc) is 2.10. The molecule has 0 radical (unpaired) electrons. The molecule has 0 saturated carbocycles. The molecule has 0 heterocycles. The van der Waals surface area contributed by atoms with Gasteiger partial charge in [-0.3, -0.25) is 0 Å². The van der Waals surface area contributed by atoms with E-state index in [1.807, 2.05) is 27.7 Å². The van der Waals surface area contributed by atoms with Crippen LogP contribution in [0.4, 0.5) is 0 Å². The highest BCUT2D eigenvalue weighted by molar-refractivity contribution is 4.93. The van der Waals surface area contributed by atoms with Crippen molar-refractivity contribution in [1.82, 2.24) is 0 Å². The Labute approximate surface area is 94.3 Å². The predicted octanol–water partition coefficient (Wildman–Crippen LogP) is 3.01. The van der Waals surface area contributed by atoms with Crippen LogP contribution in [-0.2, 0) is 4.74 Å². The van der Waals surface area contributed by atoms with Crippen LogP contribution >= 0.6 is 0 Å². The summed E-state index contributed by atoms with van der Waals surface area (Å²) in [6.45, 7) is 13.5. The van der Waals surface area contributed by atoms with E-state index in [0.717, 1.165) is 0 Å². The van der Waals surface area contributed by atoms with Gasteiger partial charge in [-0.05, 0) is 19.8 Å². The molecule has 0 rings (SSSR count). The zero-order chi connectivity index (χ0) is 12.1. The van der Waals surface area contributed by atoms with E-state index in [4.69, 9.17) is 4.74 Å². The fraction of sp³-hybridized carbons (Fsp3) is 0.846. The standard InChI is InChI=1S/C13H26O2/c1-10(2)7-8-15-9-13(5,6)12(14)11(3)4/h7,11-12,14H,8-9H2,1-6H3. The topological polar surface area (TPSA) is 29.5 Å². The van der Waals surface area contributed by atoms with Crippen molar-refractivity contribution in [3.63, 3.8) is 0 Å². The lowest BCUT2D eigenvalue weighted by Crippen LogP contribution is -2.37. The molecule has 1 N–H and O–H groups in total. The van der Waals surface area contributed by atoms with E-state index in [-0.39, 0.29) is 17.4 Å². The number of allylic oxidation sites excluding steroid dienone is 1. The Balaban J connectivity index is 3.99. The minimum atomic E-state index is -0.316. The van der Waals surface area contributed by atoms with E-state index in [2.05, 4.69) is 19.9 Å². The molecular formula is C13H26O2. The maximum atomic E-state index is 9.97. The Bertz CT molecular complexity index is 201. The van der Waals surface area contributed by atoms with Crippen LogP contribution < -0.4 is 0 Å². The molecule has 1 unspecified atom stereocenters. The van der Waals surface area contributed by atoms with Crippen LogP contribution in [0.3, 0.4) is 0 Å². The van der Waals surface area contributed by atoms with Crippen LogP contribution in [0.2, 0.25) is 0 Å². The van der Waals surface area contributed by atoms with Gasteiger partial charge in [0, 0.05) is 5.41 Å². The van der Waals surface area contributed by atoms with Gasteiger partial charge in [-0.1, -0.05) is 39.3 Å². The van der Waals surface area contributed by atoms with Crippen LogP contribution in [0.5, 0.6) is 0 Å². The maximum absolute atomic E-state index is 9.97. The molecule has 0 saturated heterocycles. The van der Waals surface area contributed by atoms with Crippen molar-refractivity contribution in [2.45, 2.75) is 47.6 Å². The summed E-state index contributed by atoms with van der Waals surface area (Å²) >= 11 is 0. The third kappa shape index (κ3) is 5.95. The quantitative estimate of drug-likeness (QED) is 0.544. The molecule has 2 nitrogen and oxygen atoms in total. The second-order valence-corrected chi connectivity index (χ2v) is 5.47. The molecule has 0 aromatic carbocycles. The summed E-state index contributed by atoms with van der Waals surface area (Å²) in [4.78, 5) is 0. The summed E-state index contributed by atoms with van der Waals surface area (Å²) in [5.74, 6) is 0.270. The van der Waals surface area contributed by atoms with Gasteiger partial charge in [0.1, 0.15) is 0 Å². The first kappa shape index (κ1) is 14.7. The van der Waals surface area contributed by atoms with Gasteiger partial charge in [-0.25, -0.2) is 0 Å². The Morgan fingerprint density at radius 2 is 1.87 bits per heavy atom. The van der Waals surface area contributed by atoms with Gasteiger partial charge in [0.25, 0.3) is 0 Å². The lowest BCUT2D eigenvalue weighted by atomic mass is 9.81. The minimum Gasteiger partial charge on any atom is -0.392 e. The Morgan fingerprint density at radius 3 is 2.27 bits per heavy atom. The smallest absolute Gasteiger partial charge is 0.0650 e. The highest BCUT2D eigenvalue weighted by Crippen LogP contribution is 2.26. The molecule has 2 heteroatoms. The second-order valence-electron chi connectivity index (χ2n) is 5.47. The zero-order valence-electron chi connectivity index (χ0n) is 11.0. The lowest BCUT2D eigenvalue weighted by Gasteiger charge is -2.32. The van der Waals surface area contributed by atoms with E-state index in [1.165, 1.54) is 5.57 Å². The molecule has 1 atom stereocenters. The molecule has 0 amide bonds. The van der Waals surface area contributed by atoms with Gasteiger partial charge >= 0.3 is 0 Å². The highest BCUT2D eigenvalue weighted by atomic mass is 16.5. The fourth-order valence-electron chi connectivity index (χ4n) is 1.54. The summed E-state index contributed by atoms with van der Waals surface area (Å²) in [5.41, 5.74) is 1.08. The molecule has 15 heavy (non-hydrogen) atoms. The first-order chi connectivity index (χ1) is 6.77. The molecule has 0 aliphatic carbocycles. The summed E-state index contributed by atoms with van der Waals surface area (Å²) in [5, 5.41) is 9.97. The molecule has 0 aromatic heterocycles. The van der Waals surface area contributed by atoms with Crippen molar-refractivity contribution in [3.8, 4) is 0 Å². The van der Waals surface area contributed by atoms with E-state index in [9.17, 15) is 5.11 Å². The first-order valence-electron chi connectivity index (χ1n) is 5.66. The largest absolute Gasteiger partial charge is 0.392 e. The van der Waals surface area contributed by atoms with Crippen LogP contribution in [0.25, 0.3) is 0 Å². The molecule has 0 aliphatic rings. The van der Waals surface area contributed by atoms with E-state index >= 15 is 0 Å². The zero-order valence-corrected chi connectivity index (χ0v) is 11.0. The lowest BCUT2D eigenvalue weighted by molar-refractivity contribution is -0.0392. The molecule has 90 valence electrons. The SMILES string of the molecule is CC(C)=CCOCC(C)(C)C(O)C(C)C. The second kappa shape index (κ2) is 6.29. The van der Waals surface area contributed by atoms with E-state index < -0.39 is 0 Å². The number of hydrogen-bond acceptors (Lipinski definition) is 2. The van der Waals surface area contributed by atoms with E-state index in [0.29, 0.717) is 13.2 Å². The van der Waals surface area contributed by atoms with Crippen molar-refractivity contribution in [1.29, 1.82) is 0 Å². The van der Waals surface area contributed by atoms with Crippen molar-refractivity contribution in [2.75, 3.05) is 13.2 Å². The average molecular weight is 214 g/mol. The van der Waals surface area contributed by atoms with Crippen molar-refractivity contribution >= 4 is 0 Å². The Morgan fingerprint density at radius 1 is 1.33 bits per heavy atom. The summed E-state index contributed by atoms with van der Waals surface area (Å²) in [6.07, 6.45) is 1.74.